The van der Waals surface area contributed by atoms with Crippen LogP contribution in [0.3, 0.4) is 0 Å². The highest BCUT2D eigenvalue weighted by atomic mass is 19.1. The Kier molecular flexibility index (Phi) is 5.33. The Morgan fingerprint density at radius 1 is 1.38 bits per heavy atom. The molecule has 132 valence electrons. The van der Waals surface area contributed by atoms with Crippen molar-refractivity contribution in [2.75, 3.05) is 53.0 Å². The van der Waals surface area contributed by atoms with Crippen LogP contribution in [0.25, 0.3) is 0 Å². The van der Waals surface area contributed by atoms with Crippen LogP contribution >= 0.6 is 0 Å². The fraction of sp³-hybridized carbons (Fsp3) is 0.588. The number of likely N-dealkylation sites (N-methyl/N-ethyl adjacent to an activating group) is 1. The van der Waals surface area contributed by atoms with E-state index in [4.69, 9.17) is 15.2 Å². The van der Waals surface area contributed by atoms with E-state index in [1.165, 1.54) is 18.2 Å². The minimum atomic E-state index is -0.454. The molecule has 6 nitrogen and oxygen atoms in total. The maximum absolute atomic E-state index is 13.7. The summed E-state index contributed by atoms with van der Waals surface area (Å²) in [5.41, 5.74) is 5.71. The lowest BCUT2D eigenvalue weighted by Crippen LogP contribution is -2.46. The Balaban J connectivity index is 1.89. The molecular weight excluding hydrogens is 313 g/mol. The van der Waals surface area contributed by atoms with Crippen molar-refractivity contribution in [1.29, 1.82) is 0 Å². The van der Waals surface area contributed by atoms with Crippen LogP contribution in [0.1, 0.15) is 10.4 Å². The Labute approximate surface area is 141 Å². The average molecular weight is 337 g/mol. The van der Waals surface area contributed by atoms with Crippen molar-refractivity contribution < 1.29 is 18.7 Å². The molecule has 2 saturated heterocycles. The molecule has 0 saturated carbocycles. The standard InChI is InChI=1S/C17H24FN3O3/c1-20-7-12-8-21(14(9-20)11-23-10-12)17(22)15-6-13(18)2-3-16(15)24-5-4-19/h2-3,6,12,14H,4-5,7-11,19H2,1H3/t12-,14-/m0/s1. The lowest BCUT2D eigenvalue weighted by atomic mass is 10.1. The first-order valence-electron chi connectivity index (χ1n) is 8.28. The van der Waals surface area contributed by atoms with Gasteiger partial charge in [-0.15, -0.1) is 0 Å². The minimum Gasteiger partial charge on any atom is -0.491 e. The molecule has 0 aliphatic carbocycles. The highest BCUT2D eigenvalue weighted by Crippen LogP contribution is 2.26. The predicted molar refractivity (Wildman–Crippen MR) is 87.6 cm³/mol. The summed E-state index contributed by atoms with van der Waals surface area (Å²) in [5.74, 6) is -0.0322. The van der Waals surface area contributed by atoms with Gasteiger partial charge in [-0.2, -0.15) is 0 Å². The van der Waals surface area contributed by atoms with Crippen LogP contribution < -0.4 is 10.5 Å². The smallest absolute Gasteiger partial charge is 0.258 e. The van der Waals surface area contributed by atoms with Crippen LogP contribution in [-0.2, 0) is 4.74 Å². The highest BCUT2D eigenvalue weighted by molar-refractivity contribution is 5.97. The minimum absolute atomic E-state index is 0.0411. The van der Waals surface area contributed by atoms with Gasteiger partial charge in [0.25, 0.3) is 5.91 Å². The van der Waals surface area contributed by atoms with Gasteiger partial charge in [0, 0.05) is 32.1 Å². The van der Waals surface area contributed by atoms with Crippen molar-refractivity contribution in [1.82, 2.24) is 9.80 Å². The summed E-state index contributed by atoms with van der Waals surface area (Å²) < 4.78 is 25.0. The third kappa shape index (κ3) is 3.68. The number of halogens is 1. The second kappa shape index (κ2) is 7.46. The van der Waals surface area contributed by atoms with Crippen molar-refractivity contribution >= 4 is 5.91 Å². The number of amides is 1. The van der Waals surface area contributed by atoms with E-state index in [-0.39, 0.29) is 30.0 Å². The number of ether oxygens (including phenoxy) is 2. The van der Waals surface area contributed by atoms with E-state index in [0.29, 0.717) is 32.1 Å². The summed E-state index contributed by atoms with van der Waals surface area (Å²) >= 11 is 0. The summed E-state index contributed by atoms with van der Waals surface area (Å²) in [5, 5.41) is 0. The fourth-order valence-electron chi connectivity index (χ4n) is 3.44. The molecule has 1 aromatic rings. The van der Waals surface area contributed by atoms with Crippen molar-refractivity contribution in [2.24, 2.45) is 11.7 Å². The number of nitrogens with two attached hydrogens (primary N) is 1. The summed E-state index contributed by atoms with van der Waals surface area (Å²) in [6.07, 6.45) is 0. The first-order valence-corrected chi connectivity index (χ1v) is 8.28. The molecule has 2 heterocycles. The predicted octanol–water partition coefficient (Wildman–Crippen LogP) is 0.566. The molecule has 0 spiro atoms. The fourth-order valence-corrected chi connectivity index (χ4v) is 3.44. The first-order chi connectivity index (χ1) is 11.6. The topological polar surface area (TPSA) is 68.0 Å². The molecule has 0 unspecified atom stereocenters. The van der Waals surface area contributed by atoms with E-state index in [9.17, 15) is 9.18 Å². The molecule has 2 aliphatic heterocycles. The monoisotopic (exact) mass is 337 g/mol. The molecule has 2 aliphatic rings. The lowest BCUT2D eigenvalue weighted by Gasteiger charge is -2.30. The molecule has 0 aromatic heterocycles. The zero-order valence-electron chi connectivity index (χ0n) is 13.9. The van der Waals surface area contributed by atoms with Crippen molar-refractivity contribution in [3.63, 3.8) is 0 Å². The largest absolute Gasteiger partial charge is 0.491 e. The second-order valence-electron chi connectivity index (χ2n) is 6.51. The number of hydrogen-bond acceptors (Lipinski definition) is 5. The van der Waals surface area contributed by atoms with Gasteiger partial charge in [0.05, 0.1) is 24.8 Å². The third-order valence-corrected chi connectivity index (χ3v) is 4.46. The number of hydrogen-bond donors (Lipinski definition) is 1. The number of carbonyl (C=O) groups is 1. The van der Waals surface area contributed by atoms with Gasteiger partial charge < -0.3 is 25.0 Å². The van der Waals surface area contributed by atoms with Gasteiger partial charge in [-0.3, -0.25) is 4.79 Å². The molecular formula is C17H24FN3O3. The molecule has 3 rings (SSSR count). The Morgan fingerprint density at radius 2 is 2.21 bits per heavy atom. The van der Waals surface area contributed by atoms with Crippen LogP contribution in [0.15, 0.2) is 18.2 Å². The average Bonchev–Trinajstić information content (AvgIpc) is 2.83. The van der Waals surface area contributed by atoms with Gasteiger partial charge >= 0.3 is 0 Å². The first kappa shape index (κ1) is 17.1. The molecule has 2 bridgehead atoms. The molecule has 7 heteroatoms. The van der Waals surface area contributed by atoms with Gasteiger partial charge in [-0.25, -0.2) is 4.39 Å². The van der Waals surface area contributed by atoms with Gasteiger partial charge in [-0.05, 0) is 25.2 Å². The summed E-state index contributed by atoms with van der Waals surface area (Å²) in [6, 6.07) is 3.99. The molecule has 2 atom stereocenters. The second-order valence-corrected chi connectivity index (χ2v) is 6.51. The number of benzene rings is 1. The maximum atomic E-state index is 13.7. The maximum Gasteiger partial charge on any atom is 0.258 e. The van der Waals surface area contributed by atoms with Crippen molar-refractivity contribution in [3.8, 4) is 5.75 Å². The number of nitrogens with zero attached hydrogens (tertiary/aromatic N) is 2. The Hall–Kier alpha value is -1.70. The van der Waals surface area contributed by atoms with Crippen LogP contribution in [0, 0.1) is 11.7 Å². The van der Waals surface area contributed by atoms with Gasteiger partial charge in [0.15, 0.2) is 0 Å². The van der Waals surface area contributed by atoms with Gasteiger partial charge in [0.2, 0.25) is 0 Å². The Bertz CT molecular complexity index is 598. The van der Waals surface area contributed by atoms with E-state index in [0.717, 1.165) is 13.1 Å². The summed E-state index contributed by atoms with van der Waals surface area (Å²) in [4.78, 5) is 17.1. The van der Waals surface area contributed by atoms with Gasteiger partial charge in [-0.1, -0.05) is 0 Å². The Morgan fingerprint density at radius 3 is 3.00 bits per heavy atom. The van der Waals surface area contributed by atoms with E-state index in [2.05, 4.69) is 11.9 Å². The zero-order valence-corrected chi connectivity index (χ0v) is 13.9. The van der Waals surface area contributed by atoms with E-state index >= 15 is 0 Å². The molecule has 2 N–H and O–H groups in total. The van der Waals surface area contributed by atoms with Crippen LogP contribution in [0.4, 0.5) is 4.39 Å². The van der Waals surface area contributed by atoms with E-state index < -0.39 is 5.82 Å². The third-order valence-electron chi connectivity index (χ3n) is 4.46. The number of rotatable bonds is 4. The summed E-state index contributed by atoms with van der Waals surface area (Å²) in [7, 11) is 2.05. The molecule has 24 heavy (non-hydrogen) atoms. The SMILES string of the molecule is CN1C[C@@H]2COC[C@H](C1)N(C(=O)c1cc(F)ccc1OCCN)C2. The number of fused-ring (bicyclic) bond motifs is 3. The number of carbonyl (C=O) groups excluding carboxylic acids is 1. The van der Waals surface area contributed by atoms with Gasteiger partial charge in [0.1, 0.15) is 18.2 Å². The molecule has 0 radical (unpaired) electrons. The van der Waals surface area contributed by atoms with E-state index in [1.54, 1.807) is 0 Å². The highest BCUT2D eigenvalue weighted by Gasteiger charge is 2.36. The van der Waals surface area contributed by atoms with Crippen LogP contribution in [0.2, 0.25) is 0 Å². The quantitative estimate of drug-likeness (QED) is 0.870. The van der Waals surface area contributed by atoms with Crippen molar-refractivity contribution in [2.45, 2.75) is 6.04 Å². The van der Waals surface area contributed by atoms with Crippen molar-refractivity contribution in [3.05, 3.63) is 29.6 Å². The molecule has 1 aromatic carbocycles. The molecule has 2 fully saturated rings. The van der Waals surface area contributed by atoms with Crippen LogP contribution in [0.5, 0.6) is 5.75 Å². The van der Waals surface area contributed by atoms with Crippen LogP contribution in [-0.4, -0.2) is 74.8 Å². The van der Waals surface area contributed by atoms with E-state index in [1.807, 2.05) is 4.90 Å². The zero-order chi connectivity index (χ0) is 17.1. The molecule has 1 amide bonds. The normalized spacial score (nSPS) is 24.5. The lowest BCUT2D eigenvalue weighted by molar-refractivity contribution is 0.0481. The summed E-state index contributed by atoms with van der Waals surface area (Å²) in [6.45, 7) is 4.00.